The van der Waals surface area contributed by atoms with Crippen molar-refractivity contribution in [3.8, 4) is 0 Å². The van der Waals surface area contributed by atoms with E-state index in [9.17, 15) is 18.0 Å². The highest BCUT2D eigenvalue weighted by atomic mass is 19.4. The first-order valence-corrected chi connectivity index (χ1v) is 10.5. The van der Waals surface area contributed by atoms with Gasteiger partial charge in [-0.15, -0.1) is 0 Å². The van der Waals surface area contributed by atoms with Crippen LogP contribution < -0.4 is 5.73 Å². The first-order valence-electron chi connectivity index (χ1n) is 10.5. The van der Waals surface area contributed by atoms with Gasteiger partial charge in [0.25, 0.3) is 5.91 Å². The van der Waals surface area contributed by atoms with Gasteiger partial charge in [-0.3, -0.25) is 4.79 Å². The van der Waals surface area contributed by atoms with Crippen molar-refractivity contribution < 1.29 is 27.4 Å². The van der Waals surface area contributed by atoms with E-state index in [0.717, 1.165) is 28.6 Å². The Hall–Kier alpha value is -3.24. The van der Waals surface area contributed by atoms with Crippen molar-refractivity contribution in [2.75, 3.05) is 25.5 Å². The number of alkyl halides is 3. The maximum absolute atomic E-state index is 13.5. The van der Waals surface area contributed by atoms with Crippen molar-refractivity contribution >= 4 is 22.6 Å². The molecule has 5 rings (SSSR count). The van der Waals surface area contributed by atoms with Crippen LogP contribution in [0.3, 0.4) is 0 Å². The minimum absolute atomic E-state index is 0.187. The van der Waals surface area contributed by atoms with Crippen molar-refractivity contribution in [2.45, 2.75) is 31.9 Å². The first kappa shape index (κ1) is 21.6. The number of aromatic nitrogens is 2. The molecular formula is C23H21F3N4O3. The largest absolute Gasteiger partial charge is 0.416 e. The zero-order valence-corrected chi connectivity index (χ0v) is 17.6. The number of hydrogen-bond acceptors (Lipinski definition) is 6. The molecule has 3 aromatic rings. The number of benzene rings is 1. The van der Waals surface area contributed by atoms with E-state index in [1.807, 2.05) is 0 Å². The molecule has 2 aromatic heterocycles. The molecule has 2 N–H and O–H groups in total. The molecule has 2 aliphatic rings. The zero-order chi connectivity index (χ0) is 23.2. The number of carbonyl (C=O) groups excluding carboxylic acids is 1. The molecule has 1 aromatic carbocycles. The Kier molecular flexibility index (Phi) is 5.41. The number of rotatable bonds is 2. The lowest BCUT2D eigenvalue weighted by Crippen LogP contribution is -2.37. The van der Waals surface area contributed by atoms with Crippen LogP contribution in [-0.4, -0.2) is 40.5 Å². The number of nitrogen functional groups attached to an aromatic ring is 1. The monoisotopic (exact) mass is 458 g/mol. The fourth-order valence-electron chi connectivity index (χ4n) is 4.33. The maximum Gasteiger partial charge on any atom is 0.416 e. The van der Waals surface area contributed by atoms with Gasteiger partial charge in [-0.25, -0.2) is 9.97 Å². The van der Waals surface area contributed by atoms with Crippen LogP contribution >= 0.6 is 0 Å². The van der Waals surface area contributed by atoms with Gasteiger partial charge in [0.15, 0.2) is 0 Å². The quantitative estimate of drug-likeness (QED) is 0.627. The molecular weight excluding hydrogens is 437 g/mol. The van der Waals surface area contributed by atoms with Crippen molar-refractivity contribution in [3.63, 3.8) is 0 Å². The van der Waals surface area contributed by atoms with Gasteiger partial charge < -0.3 is 20.1 Å². The summed E-state index contributed by atoms with van der Waals surface area (Å²) in [6.07, 6.45) is -2.30. The van der Waals surface area contributed by atoms with Crippen LogP contribution in [0.25, 0.3) is 10.9 Å². The molecule has 1 fully saturated rings. The van der Waals surface area contributed by atoms with Gasteiger partial charge in [-0.05, 0) is 35.7 Å². The first-order chi connectivity index (χ1) is 15.8. The summed E-state index contributed by atoms with van der Waals surface area (Å²) in [5.74, 6) is 0.0692. The number of fused-ring (bicyclic) bond motifs is 3. The molecule has 2 aliphatic heterocycles. The van der Waals surface area contributed by atoms with Gasteiger partial charge in [-0.2, -0.15) is 13.2 Å². The molecule has 172 valence electrons. The molecule has 1 atom stereocenters. The summed E-state index contributed by atoms with van der Waals surface area (Å²) in [5, 5.41) is 0.757. The summed E-state index contributed by atoms with van der Waals surface area (Å²) in [5.41, 5.74) is 8.36. The van der Waals surface area contributed by atoms with E-state index in [4.69, 9.17) is 15.2 Å². The van der Waals surface area contributed by atoms with Crippen LogP contribution in [0.4, 0.5) is 19.0 Å². The number of amides is 1. The molecule has 1 amide bonds. The lowest BCUT2D eigenvalue weighted by atomic mass is 10.0. The van der Waals surface area contributed by atoms with E-state index < -0.39 is 17.8 Å². The van der Waals surface area contributed by atoms with Gasteiger partial charge >= 0.3 is 6.18 Å². The molecule has 33 heavy (non-hydrogen) atoms. The SMILES string of the molecule is Nc1nc2cnc(C(=O)N3CCCOC[C@H]3c3ccc(C(F)(F)F)cc3)cc2c2c1COC2. The van der Waals surface area contributed by atoms with E-state index in [0.29, 0.717) is 49.7 Å². The Morgan fingerprint density at radius 3 is 2.64 bits per heavy atom. The molecule has 0 unspecified atom stereocenters. The minimum Gasteiger partial charge on any atom is -0.383 e. The van der Waals surface area contributed by atoms with Gasteiger partial charge in [0.05, 0.1) is 43.1 Å². The van der Waals surface area contributed by atoms with E-state index in [1.165, 1.54) is 18.3 Å². The average molecular weight is 458 g/mol. The van der Waals surface area contributed by atoms with Gasteiger partial charge in [0.2, 0.25) is 0 Å². The number of carbonyl (C=O) groups is 1. The van der Waals surface area contributed by atoms with E-state index in [1.54, 1.807) is 11.0 Å². The Morgan fingerprint density at radius 2 is 1.88 bits per heavy atom. The van der Waals surface area contributed by atoms with Crippen molar-refractivity contribution in [1.82, 2.24) is 14.9 Å². The summed E-state index contributed by atoms with van der Waals surface area (Å²) in [6, 6.07) is 6.00. The molecule has 0 spiro atoms. The molecule has 4 heterocycles. The number of ether oxygens (including phenoxy) is 2. The lowest BCUT2D eigenvalue weighted by molar-refractivity contribution is -0.137. The van der Waals surface area contributed by atoms with E-state index >= 15 is 0 Å². The zero-order valence-electron chi connectivity index (χ0n) is 17.6. The maximum atomic E-state index is 13.5. The molecule has 0 saturated carbocycles. The summed E-state index contributed by atoms with van der Waals surface area (Å²) < 4.78 is 50.1. The average Bonchev–Trinajstić information content (AvgIpc) is 3.17. The van der Waals surface area contributed by atoms with Crippen LogP contribution in [-0.2, 0) is 28.9 Å². The molecule has 0 radical (unpaired) electrons. The second kappa shape index (κ2) is 8.27. The second-order valence-electron chi connectivity index (χ2n) is 8.10. The molecule has 7 nitrogen and oxygen atoms in total. The number of anilines is 1. The van der Waals surface area contributed by atoms with Crippen LogP contribution in [0.1, 0.15) is 45.2 Å². The highest BCUT2D eigenvalue weighted by Gasteiger charge is 2.33. The van der Waals surface area contributed by atoms with Crippen LogP contribution in [0.2, 0.25) is 0 Å². The Bertz CT molecular complexity index is 1210. The summed E-state index contributed by atoms with van der Waals surface area (Å²) >= 11 is 0. The minimum atomic E-state index is -4.43. The highest BCUT2D eigenvalue weighted by Crippen LogP contribution is 2.33. The van der Waals surface area contributed by atoms with Crippen LogP contribution in [0, 0.1) is 0 Å². The van der Waals surface area contributed by atoms with Gasteiger partial charge in [0, 0.05) is 24.1 Å². The normalized spacial score (nSPS) is 18.9. The number of hydrogen-bond donors (Lipinski definition) is 1. The van der Waals surface area contributed by atoms with Gasteiger partial charge in [0.1, 0.15) is 11.5 Å². The molecule has 1 saturated heterocycles. The Morgan fingerprint density at radius 1 is 1.12 bits per heavy atom. The standard InChI is InChI=1S/C23H21F3N4O3/c24-23(25,26)14-4-2-13(3-5-14)20-12-32-7-1-6-30(20)22(31)18-8-15-16-10-33-11-17(16)21(27)29-19(15)9-28-18/h2-5,8-9,20H,1,6-7,10-12H2,(H2,27,29)/t20-/m0/s1. The van der Waals surface area contributed by atoms with Crippen molar-refractivity contribution in [2.24, 2.45) is 0 Å². The fraction of sp³-hybridized carbons (Fsp3) is 0.348. The number of pyridine rings is 2. The van der Waals surface area contributed by atoms with Crippen molar-refractivity contribution in [3.05, 3.63) is 64.5 Å². The molecule has 0 aliphatic carbocycles. The topological polar surface area (TPSA) is 90.6 Å². The third kappa shape index (κ3) is 4.00. The summed E-state index contributed by atoms with van der Waals surface area (Å²) in [6.45, 7) is 1.79. The lowest BCUT2D eigenvalue weighted by Gasteiger charge is -2.29. The molecule has 10 heteroatoms. The van der Waals surface area contributed by atoms with Gasteiger partial charge in [-0.1, -0.05) is 12.1 Å². The third-order valence-corrected chi connectivity index (χ3v) is 6.06. The predicted octanol–water partition coefficient (Wildman–Crippen LogP) is 3.86. The second-order valence-corrected chi connectivity index (χ2v) is 8.10. The van der Waals surface area contributed by atoms with Crippen molar-refractivity contribution in [1.29, 1.82) is 0 Å². The van der Waals surface area contributed by atoms with E-state index in [2.05, 4.69) is 9.97 Å². The number of nitrogens with zero attached hydrogens (tertiary/aromatic N) is 3. The molecule has 0 bridgehead atoms. The predicted molar refractivity (Wildman–Crippen MR) is 113 cm³/mol. The number of nitrogens with two attached hydrogens (primary N) is 1. The van der Waals surface area contributed by atoms with E-state index in [-0.39, 0.29) is 18.2 Å². The Balaban J connectivity index is 1.50. The van der Waals surface area contributed by atoms with Crippen LogP contribution in [0.5, 0.6) is 0 Å². The smallest absolute Gasteiger partial charge is 0.383 e. The fourth-order valence-corrected chi connectivity index (χ4v) is 4.33. The summed E-state index contributed by atoms with van der Waals surface area (Å²) in [7, 11) is 0. The third-order valence-electron chi connectivity index (χ3n) is 6.06. The number of halogens is 3. The Labute approximate surface area is 187 Å². The highest BCUT2D eigenvalue weighted by molar-refractivity contribution is 5.97. The summed E-state index contributed by atoms with van der Waals surface area (Å²) in [4.78, 5) is 23.8. The van der Waals surface area contributed by atoms with Crippen LogP contribution in [0.15, 0.2) is 36.5 Å².